The van der Waals surface area contributed by atoms with Crippen molar-refractivity contribution in [2.75, 3.05) is 12.9 Å². The quantitative estimate of drug-likeness (QED) is 0.0777. The lowest BCUT2D eigenvalue weighted by Crippen LogP contribution is -2.24. The molecule has 2 heterocycles. The van der Waals surface area contributed by atoms with Gasteiger partial charge in [0, 0.05) is 9.90 Å². The number of ether oxygens (including phenoxy) is 2. The number of carbonyl (C=O) groups is 1. The fraction of sp³-hybridized carbons (Fsp3) is 0.212. The summed E-state index contributed by atoms with van der Waals surface area (Å²) in [5.41, 5.74) is 5.99. The maximum Gasteiger partial charge on any atom is 0.267 e. The topological polar surface area (TPSA) is 94.8 Å². The molecule has 1 N–H and O–H groups in total. The van der Waals surface area contributed by atoms with E-state index in [1.54, 1.807) is 59.4 Å². The van der Waals surface area contributed by atoms with Gasteiger partial charge in [-0.1, -0.05) is 53.7 Å². The molecule has 0 saturated heterocycles. The molecule has 0 saturated carbocycles. The zero-order valence-electron chi connectivity index (χ0n) is 23.9. The third-order valence-electron chi connectivity index (χ3n) is 7.20. The minimum absolute atomic E-state index is 0.0174. The van der Waals surface area contributed by atoms with Gasteiger partial charge in [-0.2, -0.15) is 5.10 Å². The van der Waals surface area contributed by atoms with Gasteiger partial charge in [0.1, 0.15) is 11.4 Å². The first kappa shape index (κ1) is 29.9. The zero-order valence-corrected chi connectivity index (χ0v) is 26.3. The lowest BCUT2D eigenvalue weighted by atomic mass is 9.97. The van der Waals surface area contributed by atoms with Crippen LogP contribution in [0.3, 0.4) is 0 Å². The van der Waals surface area contributed by atoms with Crippen molar-refractivity contribution in [1.82, 2.24) is 15.0 Å². The van der Waals surface area contributed by atoms with Crippen LogP contribution in [0.5, 0.6) is 11.5 Å². The van der Waals surface area contributed by atoms with E-state index in [4.69, 9.17) is 26.1 Å². The van der Waals surface area contributed by atoms with E-state index >= 15 is 0 Å². The van der Waals surface area contributed by atoms with Crippen LogP contribution in [-0.4, -0.2) is 34.5 Å². The summed E-state index contributed by atoms with van der Waals surface area (Å²) >= 11 is 8.90. The van der Waals surface area contributed by atoms with E-state index in [1.165, 1.54) is 22.9 Å². The van der Waals surface area contributed by atoms with Gasteiger partial charge in [-0.15, -0.1) is 11.3 Å². The highest BCUT2D eigenvalue weighted by atomic mass is 35.5. The van der Waals surface area contributed by atoms with E-state index < -0.39 is 0 Å². The highest BCUT2D eigenvalue weighted by Crippen LogP contribution is 2.35. The molecule has 8 nitrogen and oxygen atoms in total. The van der Waals surface area contributed by atoms with Gasteiger partial charge in [0.2, 0.25) is 0 Å². The fourth-order valence-electron chi connectivity index (χ4n) is 5.06. The molecular formula is C33H29ClN4O4S2. The molecule has 224 valence electrons. The number of hydrazone groups is 1. The predicted octanol–water partition coefficient (Wildman–Crippen LogP) is 6.81. The number of rotatable bonds is 10. The van der Waals surface area contributed by atoms with E-state index in [1.807, 2.05) is 36.4 Å². The summed E-state index contributed by atoms with van der Waals surface area (Å²) in [6, 6.07) is 22.4. The van der Waals surface area contributed by atoms with Crippen molar-refractivity contribution in [2.45, 2.75) is 37.4 Å². The molecule has 0 fully saturated rings. The van der Waals surface area contributed by atoms with Crippen LogP contribution in [0.25, 0.3) is 15.9 Å². The molecule has 2 aromatic heterocycles. The highest BCUT2D eigenvalue weighted by Gasteiger charge is 2.23. The van der Waals surface area contributed by atoms with Crippen molar-refractivity contribution in [3.8, 4) is 17.2 Å². The van der Waals surface area contributed by atoms with E-state index in [-0.39, 0.29) is 17.2 Å². The molecule has 44 heavy (non-hydrogen) atoms. The van der Waals surface area contributed by atoms with Crippen LogP contribution in [-0.2, 0) is 24.2 Å². The number of hydrogen-bond acceptors (Lipinski definition) is 8. The number of amides is 1. The van der Waals surface area contributed by atoms with Crippen LogP contribution in [0.4, 0.5) is 0 Å². The standard InChI is InChI=1S/C33H29ClN4O4S2/c1-41-27-17-22(11-16-26(27)42-19-21-7-3-2-4-8-21)18-35-37-29(39)20-43-33-36-31-30(25-9-5-6-10-28(25)44-31)32(40)38(33)24-14-12-23(34)13-15-24/h2-4,7-8,11-18H,5-6,9-10,19-20H2,1H3,(H,37,39). The number of benzene rings is 3. The first-order chi connectivity index (χ1) is 21.5. The summed E-state index contributed by atoms with van der Waals surface area (Å²) in [4.78, 5) is 33.5. The SMILES string of the molecule is COc1cc(C=NNC(=O)CSc2nc3sc4c(c3c(=O)n2-c2ccc(Cl)cc2)CCCC4)ccc1OCc1ccccc1. The van der Waals surface area contributed by atoms with Gasteiger partial charge in [-0.05, 0) is 84.8 Å². The lowest BCUT2D eigenvalue weighted by molar-refractivity contribution is -0.118. The number of aromatic nitrogens is 2. The van der Waals surface area contributed by atoms with Crippen LogP contribution in [0, 0.1) is 0 Å². The lowest BCUT2D eigenvalue weighted by Gasteiger charge is -2.13. The van der Waals surface area contributed by atoms with E-state index in [0.29, 0.717) is 39.4 Å². The fourth-order valence-corrected chi connectivity index (χ4v) is 7.29. The molecule has 11 heteroatoms. The maximum absolute atomic E-state index is 13.9. The second-order valence-corrected chi connectivity index (χ2v) is 12.6. The summed E-state index contributed by atoms with van der Waals surface area (Å²) < 4.78 is 13.0. The largest absolute Gasteiger partial charge is 0.493 e. The van der Waals surface area contributed by atoms with Crippen molar-refractivity contribution >= 4 is 57.0 Å². The molecule has 1 aliphatic rings. The molecule has 1 amide bonds. The molecule has 0 atom stereocenters. The Hall–Kier alpha value is -4.12. The van der Waals surface area contributed by atoms with Gasteiger partial charge in [0.15, 0.2) is 16.7 Å². The van der Waals surface area contributed by atoms with Gasteiger partial charge in [0.25, 0.3) is 11.5 Å². The summed E-state index contributed by atoms with van der Waals surface area (Å²) in [7, 11) is 1.57. The van der Waals surface area contributed by atoms with Crippen molar-refractivity contribution in [3.63, 3.8) is 0 Å². The number of methoxy groups -OCH3 is 1. The summed E-state index contributed by atoms with van der Waals surface area (Å²) in [6.07, 6.45) is 5.57. The number of fused-ring (bicyclic) bond motifs is 3. The summed E-state index contributed by atoms with van der Waals surface area (Å²) in [5.74, 6) is 0.854. The molecule has 0 radical (unpaired) electrons. The number of nitrogens with zero attached hydrogens (tertiary/aromatic N) is 3. The number of hydrogen-bond donors (Lipinski definition) is 1. The Balaban J connectivity index is 1.15. The van der Waals surface area contributed by atoms with Crippen molar-refractivity contribution < 1.29 is 14.3 Å². The monoisotopic (exact) mass is 644 g/mol. The second-order valence-electron chi connectivity index (χ2n) is 10.2. The predicted molar refractivity (Wildman–Crippen MR) is 177 cm³/mol. The van der Waals surface area contributed by atoms with Crippen molar-refractivity contribution in [3.05, 3.63) is 110 Å². The van der Waals surface area contributed by atoms with Gasteiger partial charge >= 0.3 is 0 Å². The number of thioether (sulfide) groups is 1. The normalized spacial score (nSPS) is 12.8. The maximum atomic E-state index is 13.9. The average Bonchev–Trinajstić information content (AvgIpc) is 3.43. The number of aryl methyl sites for hydroxylation is 2. The molecule has 0 spiro atoms. The number of halogens is 1. The molecule has 1 aliphatic carbocycles. The van der Waals surface area contributed by atoms with E-state index in [2.05, 4.69) is 10.5 Å². The van der Waals surface area contributed by atoms with Crippen LogP contribution in [0.15, 0.2) is 87.8 Å². The number of nitrogens with one attached hydrogen (secondary N) is 1. The molecule has 5 aromatic rings. The Labute approximate surface area is 267 Å². The van der Waals surface area contributed by atoms with Crippen molar-refractivity contribution in [2.24, 2.45) is 5.10 Å². The van der Waals surface area contributed by atoms with Crippen LogP contribution >= 0.6 is 34.7 Å². The van der Waals surface area contributed by atoms with Crippen LogP contribution in [0.2, 0.25) is 5.02 Å². The molecule has 0 unspecified atom stereocenters. The minimum Gasteiger partial charge on any atom is -0.493 e. The third-order valence-corrected chi connectivity index (χ3v) is 9.58. The minimum atomic E-state index is -0.330. The molecule has 0 bridgehead atoms. The van der Waals surface area contributed by atoms with E-state index in [9.17, 15) is 9.59 Å². The smallest absolute Gasteiger partial charge is 0.267 e. The van der Waals surface area contributed by atoms with Gasteiger partial charge in [-0.25, -0.2) is 10.4 Å². The molecule has 6 rings (SSSR count). The Morgan fingerprint density at radius 3 is 2.68 bits per heavy atom. The van der Waals surface area contributed by atoms with E-state index in [0.717, 1.165) is 47.2 Å². The second kappa shape index (κ2) is 13.7. The van der Waals surface area contributed by atoms with Gasteiger partial charge in [0.05, 0.1) is 30.2 Å². The first-order valence-electron chi connectivity index (χ1n) is 14.1. The first-order valence-corrected chi connectivity index (χ1v) is 16.3. The third kappa shape index (κ3) is 6.67. The van der Waals surface area contributed by atoms with Crippen LogP contribution < -0.4 is 20.5 Å². The number of carbonyl (C=O) groups excluding carboxylic acids is 1. The molecule has 3 aromatic carbocycles. The van der Waals surface area contributed by atoms with Crippen molar-refractivity contribution in [1.29, 1.82) is 0 Å². The molecule has 0 aliphatic heterocycles. The zero-order chi connectivity index (χ0) is 30.5. The summed E-state index contributed by atoms with van der Waals surface area (Å²) in [5, 5.41) is 5.82. The van der Waals surface area contributed by atoms with Gasteiger partial charge < -0.3 is 9.47 Å². The summed E-state index contributed by atoms with van der Waals surface area (Å²) in [6.45, 7) is 0.417. The van der Waals surface area contributed by atoms with Gasteiger partial charge in [-0.3, -0.25) is 14.2 Å². The Morgan fingerprint density at radius 2 is 1.89 bits per heavy atom. The number of thiophene rings is 1. The van der Waals surface area contributed by atoms with Crippen LogP contribution in [0.1, 0.15) is 34.4 Å². The Morgan fingerprint density at radius 1 is 1.09 bits per heavy atom. The molecular weight excluding hydrogens is 616 g/mol. The Bertz CT molecular complexity index is 1890. The average molecular weight is 645 g/mol. The Kier molecular flexibility index (Phi) is 9.30. The highest BCUT2D eigenvalue weighted by molar-refractivity contribution is 7.99.